The van der Waals surface area contributed by atoms with Crippen molar-refractivity contribution in [1.29, 1.82) is 5.26 Å². The lowest BCUT2D eigenvalue weighted by atomic mass is 9.92. The average Bonchev–Trinajstić information content (AvgIpc) is 2.39. The Morgan fingerprint density at radius 2 is 2.00 bits per heavy atom. The topological polar surface area (TPSA) is 96.3 Å². The van der Waals surface area contributed by atoms with Gasteiger partial charge in [-0.15, -0.1) is 0 Å². The number of nitrogens with one attached hydrogen (secondary N) is 1. The van der Waals surface area contributed by atoms with E-state index in [0.29, 0.717) is 0 Å². The van der Waals surface area contributed by atoms with Crippen LogP contribution < -0.4 is 4.72 Å². The van der Waals surface area contributed by atoms with Gasteiger partial charge in [0.25, 0.3) is 0 Å². The number of sulfonamides is 1. The molecule has 1 aliphatic heterocycles. The Balaban J connectivity index is 2.62. The normalized spacial score (nSPS) is 17.4. The van der Waals surface area contributed by atoms with Crippen LogP contribution in [0.25, 0.3) is 0 Å². The molecular weight excluding hydrogens is 294 g/mol. The maximum atomic E-state index is 13.8. The summed E-state index contributed by atoms with van der Waals surface area (Å²) in [6, 6.07) is 1.74. The van der Waals surface area contributed by atoms with Gasteiger partial charge >= 0.3 is 11.8 Å². The zero-order valence-electron chi connectivity index (χ0n) is 10.8. The summed E-state index contributed by atoms with van der Waals surface area (Å²) < 4.78 is 56.9. The monoisotopic (exact) mass is 310 g/mol. The van der Waals surface area contributed by atoms with Gasteiger partial charge in [0, 0.05) is 25.6 Å². The maximum absolute atomic E-state index is 13.8. The first-order chi connectivity index (χ1) is 9.29. The van der Waals surface area contributed by atoms with Crippen molar-refractivity contribution in [3.05, 3.63) is 0 Å². The number of carbonyl (C=O) groups excluding carboxylic acids is 1. The van der Waals surface area contributed by atoms with Gasteiger partial charge in [0.2, 0.25) is 10.0 Å². The molecular formula is C11H16F2N2O4S. The number of amides is 1. The van der Waals surface area contributed by atoms with Crippen molar-refractivity contribution in [2.75, 3.05) is 19.0 Å². The summed E-state index contributed by atoms with van der Waals surface area (Å²) in [5.41, 5.74) is 0. The van der Waals surface area contributed by atoms with Gasteiger partial charge in [-0.2, -0.15) is 14.0 Å². The molecule has 1 rings (SSSR count). The van der Waals surface area contributed by atoms with Crippen LogP contribution in [0.5, 0.6) is 0 Å². The third-order valence-corrected chi connectivity index (χ3v) is 4.31. The summed E-state index contributed by atoms with van der Waals surface area (Å²) in [6.45, 7) is 0.255. The van der Waals surface area contributed by atoms with E-state index in [1.807, 2.05) is 0 Å². The zero-order valence-corrected chi connectivity index (χ0v) is 11.6. The number of nitrogens with zero attached hydrogens (tertiary/aromatic N) is 1. The van der Waals surface area contributed by atoms with E-state index in [9.17, 15) is 22.0 Å². The van der Waals surface area contributed by atoms with E-state index >= 15 is 0 Å². The zero-order chi connectivity index (χ0) is 15.2. The Morgan fingerprint density at radius 1 is 1.40 bits per heavy atom. The van der Waals surface area contributed by atoms with E-state index in [4.69, 9.17) is 10.00 Å². The number of carbonyl (C=O) groups is 1. The third-order valence-electron chi connectivity index (χ3n) is 2.99. The lowest BCUT2D eigenvalue weighted by Crippen LogP contribution is -2.49. The van der Waals surface area contributed by atoms with Crippen molar-refractivity contribution in [2.24, 2.45) is 5.92 Å². The molecule has 114 valence electrons. The highest BCUT2D eigenvalue weighted by atomic mass is 32.2. The third kappa shape index (κ3) is 4.68. The SMILES string of the molecule is N#CCCCS(=O)(=O)NC(=O)C(F)(F)C1CCOCC1. The molecule has 0 saturated carbocycles. The molecule has 0 aromatic rings. The summed E-state index contributed by atoms with van der Waals surface area (Å²) in [5, 5.41) is 8.28. The van der Waals surface area contributed by atoms with Gasteiger partial charge in [0.15, 0.2) is 0 Å². The van der Waals surface area contributed by atoms with Gasteiger partial charge in [-0.25, -0.2) is 13.1 Å². The largest absolute Gasteiger partial charge is 0.381 e. The standard InChI is InChI=1S/C11H16F2N2O4S/c12-11(13,9-3-6-19-7-4-9)10(16)15-20(17,18)8-2-1-5-14/h9H,1-4,6-8H2,(H,15,16). The second-order valence-corrected chi connectivity index (χ2v) is 6.36. The Morgan fingerprint density at radius 3 is 2.55 bits per heavy atom. The lowest BCUT2D eigenvalue weighted by molar-refractivity contribution is -0.157. The van der Waals surface area contributed by atoms with Crippen LogP contribution in [-0.4, -0.2) is 39.2 Å². The van der Waals surface area contributed by atoms with Crippen LogP contribution in [-0.2, 0) is 19.6 Å². The van der Waals surface area contributed by atoms with E-state index in [1.165, 1.54) is 4.72 Å². The highest BCUT2D eigenvalue weighted by Gasteiger charge is 2.48. The van der Waals surface area contributed by atoms with Gasteiger partial charge < -0.3 is 4.74 Å². The van der Waals surface area contributed by atoms with Crippen LogP contribution in [0.3, 0.4) is 0 Å². The lowest BCUT2D eigenvalue weighted by Gasteiger charge is -2.28. The Hall–Kier alpha value is -1.27. The van der Waals surface area contributed by atoms with Crippen LogP contribution in [0.2, 0.25) is 0 Å². The highest BCUT2D eigenvalue weighted by Crippen LogP contribution is 2.32. The van der Waals surface area contributed by atoms with Crippen LogP contribution in [0.1, 0.15) is 25.7 Å². The predicted octanol–water partition coefficient (Wildman–Crippen LogP) is 0.798. The molecule has 0 bridgehead atoms. The molecule has 0 atom stereocenters. The number of rotatable bonds is 6. The fraction of sp³-hybridized carbons (Fsp3) is 0.818. The van der Waals surface area contributed by atoms with Crippen molar-refractivity contribution in [1.82, 2.24) is 4.72 Å². The number of halogens is 2. The summed E-state index contributed by atoms with van der Waals surface area (Å²) in [6.07, 6.45) is -0.0167. The van der Waals surface area contributed by atoms with Gasteiger partial charge in [0.1, 0.15) is 0 Å². The summed E-state index contributed by atoms with van der Waals surface area (Å²) in [5.74, 6) is -7.30. The summed E-state index contributed by atoms with van der Waals surface area (Å²) in [7, 11) is -4.14. The van der Waals surface area contributed by atoms with Crippen molar-refractivity contribution in [3.8, 4) is 6.07 Å². The molecule has 0 aromatic carbocycles. The molecule has 1 saturated heterocycles. The van der Waals surface area contributed by atoms with E-state index < -0.39 is 33.5 Å². The first-order valence-electron chi connectivity index (χ1n) is 6.17. The van der Waals surface area contributed by atoms with Crippen molar-refractivity contribution < 1.29 is 26.7 Å². The fourth-order valence-corrected chi connectivity index (χ4v) is 2.89. The first kappa shape index (κ1) is 16.8. The van der Waals surface area contributed by atoms with Gasteiger partial charge in [-0.05, 0) is 19.3 Å². The predicted molar refractivity (Wildman–Crippen MR) is 65.3 cm³/mol. The van der Waals surface area contributed by atoms with Crippen LogP contribution in [0.4, 0.5) is 8.78 Å². The van der Waals surface area contributed by atoms with E-state index in [2.05, 4.69) is 0 Å². The Kier molecular flexibility index (Phi) is 5.83. The summed E-state index contributed by atoms with van der Waals surface area (Å²) >= 11 is 0. The molecule has 20 heavy (non-hydrogen) atoms. The minimum Gasteiger partial charge on any atom is -0.381 e. The first-order valence-corrected chi connectivity index (χ1v) is 7.82. The molecule has 6 nitrogen and oxygen atoms in total. The average molecular weight is 310 g/mol. The molecule has 1 amide bonds. The molecule has 0 aliphatic carbocycles. The van der Waals surface area contributed by atoms with Crippen molar-refractivity contribution in [2.45, 2.75) is 31.6 Å². The molecule has 0 radical (unpaired) electrons. The minimum absolute atomic E-state index is 0.00883. The second kappa shape index (κ2) is 6.95. The number of alkyl halides is 2. The minimum atomic E-state index is -4.14. The highest BCUT2D eigenvalue weighted by molar-refractivity contribution is 7.90. The quantitative estimate of drug-likeness (QED) is 0.732. The molecule has 0 spiro atoms. The molecule has 1 N–H and O–H groups in total. The maximum Gasteiger partial charge on any atom is 0.328 e. The molecule has 9 heteroatoms. The summed E-state index contributed by atoms with van der Waals surface area (Å²) in [4.78, 5) is 11.5. The smallest absolute Gasteiger partial charge is 0.328 e. The number of unbranched alkanes of at least 4 members (excludes halogenated alkanes) is 1. The molecule has 1 fully saturated rings. The number of hydrogen-bond acceptors (Lipinski definition) is 5. The van der Waals surface area contributed by atoms with Crippen LogP contribution in [0.15, 0.2) is 0 Å². The van der Waals surface area contributed by atoms with E-state index in [-0.39, 0.29) is 38.9 Å². The second-order valence-electron chi connectivity index (χ2n) is 4.52. The number of nitriles is 1. The Labute approximate surface area is 116 Å². The van der Waals surface area contributed by atoms with Gasteiger partial charge in [-0.1, -0.05) is 0 Å². The molecule has 1 heterocycles. The van der Waals surface area contributed by atoms with Crippen molar-refractivity contribution in [3.63, 3.8) is 0 Å². The van der Waals surface area contributed by atoms with E-state index in [0.717, 1.165) is 0 Å². The van der Waals surface area contributed by atoms with Crippen LogP contribution in [0, 0.1) is 17.2 Å². The molecule has 1 aliphatic rings. The number of ether oxygens (including phenoxy) is 1. The molecule has 0 aromatic heterocycles. The van der Waals surface area contributed by atoms with Crippen molar-refractivity contribution >= 4 is 15.9 Å². The number of hydrogen-bond donors (Lipinski definition) is 1. The van der Waals surface area contributed by atoms with Gasteiger partial charge in [-0.3, -0.25) is 4.79 Å². The molecule has 0 unspecified atom stereocenters. The fourth-order valence-electron chi connectivity index (χ4n) is 1.85. The van der Waals surface area contributed by atoms with E-state index in [1.54, 1.807) is 6.07 Å². The van der Waals surface area contributed by atoms with Gasteiger partial charge in [0.05, 0.1) is 11.8 Å². The van der Waals surface area contributed by atoms with Crippen LogP contribution >= 0.6 is 0 Å². The Bertz CT molecular complexity index is 481.